The van der Waals surface area contributed by atoms with Crippen LogP contribution in [0.1, 0.15) is 11.3 Å². The molecule has 0 unspecified atom stereocenters. The molecule has 0 saturated carbocycles. The molecule has 0 spiro atoms. The smallest absolute Gasteiger partial charge is 0.243 e. The van der Waals surface area contributed by atoms with Gasteiger partial charge in [0.25, 0.3) is 11.9 Å². The summed E-state index contributed by atoms with van der Waals surface area (Å²) in [4.78, 5) is 9.71. The van der Waals surface area contributed by atoms with E-state index in [2.05, 4.69) is 20.9 Å². The van der Waals surface area contributed by atoms with E-state index in [0.717, 1.165) is 0 Å². The van der Waals surface area contributed by atoms with Crippen LogP contribution >= 0.6 is 11.6 Å². The van der Waals surface area contributed by atoms with Crippen LogP contribution in [0, 0.1) is 35.4 Å². The second-order valence-corrected chi connectivity index (χ2v) is 3.50. The van der Waals surface area contributed by atoms with Crippen molar-refractivity contribution in [2.45, 2.75) is 0 Å². The molecule has 0 saturated heterocycles. The van der Waals surface area contributed by atoms with Crippen molar-refractivity contribution in [1.29, 1.82) is 0 Å². The van der Waals surface area contributed by atoms with E-state index in [4.69, 9.17) is 11.6 Å². The van der Waals surface area contributed by atoms with Crippen molar-refractivity contribution in [3.8, 4) is 11.8 Å². The van der Waals surface area contributed by atoms with Crippen LogP contribution in [0.15, 0.2) is 12.4 Å². The summed E-state index contributed by atoms with van der Waals surface area (Å²) in [7, 11) is 0. The molecule has 8 heteroatoms. The summed E-state index contributed by atoms with van der Waals surface area (Å²) >= 11 is 5.61. The molecule has 0 atom stereocenters. The van der Waals surface area contributed by atoms with Crippen LogP contribution in [0.3, 0.4) is 0 Å². The Labute approximate surface area is 109 Å². The third kappa shape index (κ3) is 2.63. The van der Waals surface area contributed by atoms with Gasteiger partial charge in [-0.2, -0.15) is 13.8 Å². The third-order valence-electron chi connectivity index (χ3n) is 1.96. The highest BCUT2D eigenvalue weighted by molar-refractivity contribution is 6.30. The fourth-order valence-corrected chi connectivity index (χ4v) is 1.28. The maximum Gasteiger partial charge on any atom is 0.253 e. The Hall–Kier alpha value is -2.20. The molecule has 2 aromatic rings. The predicted molar refractivity (Wildman–Crippen MR) is 57.1 cm³/mol. The highest BCUT2D eigenvalue weighted by atomic mass is 35.5. The number of hydrogen-bond acceptors (Lipinski definition) is 3. The van der Waals surface area contributed by atoms with Crippen molar-refractivity contribution in [2.75, 3.05) is 0 Å². The van der Waals surface area contributed by atoms with Crippen LogP contribution in [0.4, 0.5) is 17.6 Å². The largest absolute Gasteiger partial charge is 0.253 e. The van der Waals surface area contributed by atoms with Crippen molar-refractivity contribution in [3.63, 3.8) is 0 Å². The van der Waals surface area contributed by atoms with Gasteiger partial charge in [-0.15, -0.1) is 0 Å². The zero-order valence-electron chi connectivity index (χ0n) is 8.89. The fraction of sp³-hybridized carbons (Fsp3) is 0. The van der Waals surface area contributed by atoms with Crippen LogP contribution in [-0.4, -0.2) is 15.0 Å². The van der Waals surface area contributed by atoms with Crippen molar-refractivity contribution >= 4 is 11.6 Å². The molecular weight excluding hydrogens is 286 g/mol. The summed E-state index contributed by atoms with van der Waals surface area (Å²) < 4.78 is 52.1. The first-order valence-electron chi connectivity index (χ1n) is 4.69. The number of aromatic nitrogens is 3. The molecule has 0 aliphatic carbocycles. The summed E-state index contributed by atoms with van der Waals surface area (Å²) in [5.41, 5.74) is -1.17. The Balaban J connectivity index is 2.55. The normalized spacial score (nSPS) is 9.95. The monoisotopic (exact) mass is 287 g/mol. The van der Waals surface area contributed by atoms with E-state index in [1.807, 2.05) is 5.92 Å². The Morgan fingerprint density at radius 3 is 2.05 bits per heavy atom. The van der Waals surface area contributed by atoms with E-state index in [1.54, 1.807) is 0 Å². The van der Waals surface area contributed by atoms with Crippen LogP contribution in [0.5, 0.6) is 0 Å². The fourth-order valence-electron chi connectivity index (χ4n) is 1.12. The number of halogens is 5. The van der Waals surface area contributed by atoms with Crippen molar-refractivity contribution in [3.05, 3.63) is 52.3 Å². The van der Waals surface area contributed by atoms with Gasteiger partial charge in [0.15, 0.2) is 22.5 Å². The molecule has 2 aromatic heterocycles. The van der Waals surface area contributed by atoms with Gasteiger partial charge < -0.3 is 0 Å². The molecule has 0 radical (unpaired) electrons. The SMILES string of the molecule is Fc1nc(F)c(F)c(C#Cc2nccnc2Cl)c1F. The summed E-state index contributed by atoms with van der Waals surface area (Å²) in [6.07, 6.45) is 2.52. The highest BCUT2D eigenvalue weighted by Crippen LogP contribution is 2.16. The molecule has 0 N–H and O–H groups in total. The molecule has 0 aromatic carbocycles. The van der Waals surface area contributed by atoms with Gasteiger partial charge in [0, 0.05) is 12.4 Å². The van der Waals surface area contributed by atoms with Crippen LogP contribution < -0.4 is 0 Å². The van der Waals surface area contributed by atoms with Crippen molar-refractivity contribution in [2.24, 2.45) is 0 Å². The summed E-state index contributed by atoms with van der Waals surface area (Å²) in [6.45, 7) is 0. The molecule has 2 rings (SSSR count). The van der Waals surface area contributed by atoms with Gasteiger partial charge in [-0.3, -0.25) is 0 Å². The van der Waals surface area contributed by atoms with Gasteiger partial charge in [-0.1, -0.05) is 17.5 Å². The molecule has 0 aliphatic rings. The zero-order chi connectivity index (χ0) is 14.0. The minimum absolute atomic E-state index is 0.0828. The van der Waals surface area contributed by atoms with E-state index in [-0.39, 0.29) is 10.8 Å². The third-order valence-corrected chi connectivity index (χ3v) is 2.23. The topological polar surface area (TPSA) is 38.7 Å². The molecule has 2 heterocycles. The van der Waals surface area contributed by atoms with Crippen molar-refractivity contribution < 1.29 is 17.6 Å². The standard InChI is InChI=1S/C11H2ClF4N3/c12-9-6(17-3-4-18-9)2-1-5-7(13)10(15)19-11(16)8(5)14/h3-4H. The van der Waals surface area contributed by atoms with Gasteiger partial charge in [-0.05, 0) is 5.92 Å². The number of hydrogen-bond donors (Lipinski definition) is 0. The van der Waals surface area contributed by atoms with Crippen molar-refractivity contribution in [1.82, 2.24) is 15.0 Å². The van der Waals surface area contributed by atoms with E-state index in [0.29, 0.717) is 0 Å². The van der Waals surface area contributed by atoms with Gasteiger partial charge in [0.1, 0.15) is 5.56 Å². The Kier molecular flexibility index (Phi) is 3.62. The maximum atomic E-state index is 13.2. The minimum Gasteiger partial charge on any atom is -0.243 e. The average molecular weight is 288 g/mol. The van der Waals surface area contributed by atoms with Crippen LogP contribution in [0.2, 0.25) is 5.15 Å². The zero-order valence-corrected chi connectivity index (χ0v) is 9.64. The quantitative estimate of drug-likeness (QED) is 0.424. The Morgan fingerprint density at radius 1 is 0.895 bits per heavy atom. The molecule has 0 fully saturated rings. The number of rotatable bonds is 0. The van der Waals surface area contributed by atoms with Crippen LogP contribution in [-0.2, 0) is 0 Å². The number of nitrogens with zero attached hydrogens (tertiary/aromatic N) is 3. The van der Waals surface area contributed by atoms with E-state index in [9.17, 15) is 17.6 Å². The van der Waals surface area contributed by atoms with E-state index >= 15 is 0 Å². The molecular formula is C11H2ClF4N3. The Morgan fingerprint density at radius 2 is 1.47 bits per heavy atom. The summed E-state index contributed by atoms with van der Waals surface area (Å²) in [5, 5.41) is -0.106. The lowest BCUT2D eigenvalue weighted by Crippen LogP contribution is -2.03. The molecule has 0 aliphatic heterocycles. The summed E-state index contributed by atoms with van der Waals surface area (Å²) in [6, 6.07) is 0. The lowest BCUT2D eigenvalue weighted by Gasteiger charge is -1.98. The lowest BCUT2D eigenvalue weighted by atomic mass is 10.2. The average Bonchev–Trinajstić information content (AvgIpc) is 2.38. The molecule has 0 bridgehead atoms. The highest BCUT2D eigenvalue weighted by Gasteiger charge is 2.19. The first-order chi connectivity index (χ1) is 9.00. The molecule has 96 valence electrons. The van der Waals surface area contributed by atoms with Gasteiger partial charge in [0.2, 0.25) is 0 Å². The minimum atomic E-state index is -1.78. The number of pyridine rings is 1. The molecule has 3 nitrogen and oxygen atoms in total. The van der Waals surface area contributed by atoms with Gasteiger partial charge >= 0.3 is 0 Å². The van der Waals surface area contributed by atoms with Gasteiger partial charge in [0.05, 0.1) is 0 Å². The summed E-state index contributed by atoms with van der Waals surface area (Å²) in [5.74, 6) is -2.86. The molecule has 0 amide bonds. The van der Waals surface area contributed by atoms with E-state index in [1.165, 1.54) is 12.4 Å². The van der Waals surface area contributed by atoms with Gasteiger partial charge in [-0.25, -0.2) is 18.7 Å². The lowest BCUT2D eigenvalue weighted by molar-refractivity contribution is 0.404. The Bertz CT molecular complexity index is 683. The van der Waals surface area contributed by atoms with Crippen LogP contribution in [0.25, 0.3) is 0 Å². The predicted octanol–water partition coefficient (Wildman–Crippen LogP) is 2.48. The second kappa shape index (κ2) is 5.20. The first kappa shape index (κ1) is 13.2. The van der Waals surface area contributed by atoms with E-state index < -0.39 is 29.1 Å². The first-order valence-corrected chi connectivity index (χ1v) is 5.07. The maximum absolute atomic E-state index is 13.2. The molecule has 19 heavy (non-hydrogen) atoms. The second-order valence-electron chi connectivity index (χ2n) is 3.14.